The molecule has 0 spiro atoms. The van der Waals surface area contributed by atoms with Crippen molar-refractivity contribution in [2.75, 3.05) is 0 Å². The summed E-state index contributed by atoms with van der Waals surface area (Å²) in [5.74, 6) is 1.57. The minimum Gasteiger partial charge on any atom is -0.483 e. The van der Waals surface area contributed by atoms with E-state index in [9.17, 15) is 4.79 Å². The summed E-state index contributed by atoms with van der Waals surface area (Å²) in [4.78, 5) is 20.3. The van der Waals surface area contributed by atoms with Gasteiger partial charge in [-0.1, -0.05) is 37.6 Å². The van der Waals surface area contributed by atoms with Crippen molar-refractivity contribution < 1.29 is 9.53 Å². The van der Waals surface area contributed by atoms with E-state index in [2.05, 4.69) is 27.7 Å². The maximum atomic E-state index is 13.5. The Morgan fingerprint density at radius 3 is 2.38 bits per heavy atom. The summed E-state index contributed by atoms with van der Waals surface area (Å²) in [5, 5.41) is 0.706. The average molecular weight is 456 g/mol. The topological polar surface area (TPSA) is 47.4 Å². The number of halogens is 1. The molecule has 2 aromatic carbocycles. The molecule has 3 atom stereocenters. The minimum atomic E-state index is -0.337. The number of ether oxygens (including phenoxy) is 1. The van der Waals surface area contributed by atoms with Crippen molar-refractivity contribution >= 4 is 28.5 Å². The fourth-order valence-corrected chi connectivity index (χ4v) is 4.17. The number of amides is 1. The molecule has 3 unspecified atom stereocenters. The Balaban J connectivity index is 1.96. The second kappa shape index (κ2) is 10.4. The lowest BCUT2D eigenvalue weighted by atomic mass is 10.1. The molecule has 1 heterocycles. The van der Waals surface area contributed by atoms with E-state index in [0.717, 1.165) is 41.0 Å². The van der Waals surface area contributed by atoms with Gasteiger partial charge >= 0.3 is 0 Å². The smallest absolute Gasteiger partial charge is 0.243 e. The van der Waals surface area contributed by atoms with E-state index in [-0.39, 0.29) is 30.6 Å². The number of aromatic nitrogens is 2. The standard InChI is InChI=1S/C26H34ClN3O2/c1-7-18(4)30(19(5)8-2)25(31)16-29-24-12-10-9-11-23(24)28-26(29)20(6)32-21-13-14-22(27)17(3)15-21/h9-15,18-20H,7-8,16H2,1-6H3. The fraction of sp³-hybridized carbons (Fsp3) is 0.462. The summed E-state index contributed by atoms with van der Waals surface area (Å²) >= 11 is 6.16. The number of fused-ring (bicyclic) bond motifs is 1. The predicted molar refractivity (Wildman–Crippen MR) is 131 cm³/mol. The lowest BCUT2D eigenvalue weighted by Gasteiger charge is -2.34. The van der Waals surface area contributed by atoms with Gasteiger partial charge < -0.3 is 14.2 Å². The number of nitrogens with zero attached hydrogens (tertiary/aromatic N) is 3. The molecule has 0 saturated carbocycles. The Kier molecular flexibility index (Phi) is 7.83. The van der Waals surface area contributed by atoms with Crippen LogP contribution in [0.4, 0.5) is 0 Å². The third-order valence-electron chi connectivity index (χ3n) is 6.20. The molecule has 0 aliphatic heterocycles. The molecule has 0 radical (unpaired) electrons. The predicted octanol–water partition coefficient (Wildman–Crippen LogP) is 6.56. The summed E-state index contributed by atoms with van der Waals surface area (Å²) in [6.07, 6.45) is 1.50. The number of aryl methyl sites for hydroxylation is 1. The highest BCUT2D eigenvalue weighted by Crippen LogP contribution is 2.28. The molecule has 0 bridgehead atoms. The summed E-state index contributed by atoms with van der Waals surface area (Å²) in [7, 11) is 0. The Morgan fingerprint density at radius 1 is 1.09 bits per heavy atom. The van der Waals surface area contributed by atoms with E-state index in [1.165, 1.54) is 0 Å². The lowest BCUT2D eigenvalue weighted by molar-refractivity contribution is -0.136. The van der Waals surface area contributed by atoms with Crippen molar-refractivity contribution in [2.45, 2.75) is 79.1 Å². The van der Waals surface area contributed by atoms with E-state index in [1.807, 2.05) is 65.8 Å². The van der Waals surface area contributed by atoms with E-state index in [1.54, 1.807) is 0 Å². The van der Waals surface area contributed by atoms with Gasteiger partial charge in [0.25, 0.3) is 0 Å². The van der Waals surface area contributed by atoms with Crippen LogP contribution in [0.15, 0.2) is 42.5 Å². The molecular weight excluding hydrogens is 422 g/mol. The first-order chi connectivity index (χ1) is 15.3. The van der Waals surface area contributed by atoms with Crippen LogP contribution in [-0.4, -0.2) is 32.4 Å². The van der Waals surface area contributed by atoms with Gasteiger partial charge in [0, 0.05) is 17.1 Å². The van der Waals surface area contributed by atoms with E-state index >= 15 is 0 Å². The Labute approximate surface area is 196 Å². The van der Waals surface area contributed by atoms with Crippen LogP contribution in [0.2, 0.25) is 5.02 Å². The maximum Gasteiger partial charge on any atom is 0.243 e. The van der Waals surface area contributed by atoms with Gasteiger partial charge in [-0.15, -0.1) is 0 Å². The summed E-state index contributed by atoms with van der Waals surface area (Å²) in [5.41, 5.74) is 2.75. The van der Waals surface area contributed by atoms with E-state index in [4.69, 9.17) is 21.3 Å². The van der Waals surface area contributed by atoms with E-state index in [0.29, 0.717) is 5.02 Å². The first kappa shape index (κ1) is 24.1. The first-order valence-electron chi connectivity index (χ1n) is 11.5. The highest BCUT2D eigenvalue weighted by Gasteiger charge is 2.26. The zero-order valence-electron chi connectivity index (χ0n) is 19.9. The second-order valence-electron chi connectivity index (χ2n) is 8.53. The number of benzene rings is 2. The SMILES string of the molecule is CCC(C)N(C(=O)Cn1c(C(C)Oc2ccc(Cl)c(C)c2)nc2ccccc21)C(C)CC. The summed E-state index contributed by atoms with van der Waals surface area (Å²) in [6.45, 7) is 12.6. The third-order valence-corrected chi connectivity index (χ3v) is 6.63. The molecule has 0 aliphatic carbocycles. The van der Waals surface area contributed by atoms with Gasteiger partial charge in [-0.05, 0) is 76.4 Å². The molecule has 3 rings (SSSR count). The largest absolute Gasteiger partial charge is 0.483 e. The van der Waals surface area contributed by atoms with Crippen molar-refractivity contribution in [1.29, 1.82) is 0 Å². The molecule has 6 heteroatoms. The average Bonchev–Trinajstić information content (AvgIpc) is 3.14. The summed E-state index contributed by atoms with van der Waals surface area (Å²) < 4.78 is 8.22. The highest BCUT2D eigenvalue weighted by molar-refractivity contribution is 6.31. The molecule has 0 saturated heterocycles. The monoisotopic (exact) mass is 455 g/mol. The number of para-hydroxylation sites is 2. The van der Waals surface area contributed by atoms with Crippen LogP contribution in [-0.2, 0) is 11.3 Å². The molecule has 0 aliphatic rings. The van der Waals surface area contributed by atoms with Crippen molar-refractivity contribution in [3.63, 3.8) is 0 Å². The van der Waals surface area contributed by atoms with Crippen molar-refractivity contribution in [1.82, 2.24) is 14.5 Å². The molecule has 0 N–H and O–H groups in total. The minimum absolute atomic E-state index is 0.104. The number of carbonyl (C=O) groups excluding carboxylic acids is 1. The van der Waals surface area contributed by atoms with Gasteiger partial charge in [-0.2, -0.15) is 0 Å². The van der Waals surface area contributed by atoms with Crippen molar-refractivity contribution in [3.05, 3.63) is 58.9 Å². The van der Waals surface area contributed by atoms with Gasteiger partial charge in [0.15, 0.2) is 11.9 Å². The van der Waals surface area contributed by atoms with Crippen LogP contribution >= 0.6 is 11.6 Å². The van der Waals surface area contributed by atoms with Crippen LogP contribution in [0.25, 0.3) is 11.0 Å². The molecule has 5 nitrogen and oxygen atoms in total. The number of imidazole rings is 1. The van der Waals surface area contributed by atoms with Gasteiger partial charge in [0.2, 0.25) is 5.91 Å². The number of hydrogen-bond donors (Lipinski definition) is 0. The number of rotatable bonds is 9. The van der Waals surface area contributed by atoms with Crippen molar-refractivity contribution in [2.24, 2.45) is 0 Å². The molecular formula is C26H34ClN3O2. The highest BCUT2D eigenvalue weighted by atomic mass is 35.5. The molecule has 1 amide bonds. The third kappa shape index (κ3) is 5.09. The molecule has 32 heavy (non-hydrogen) atoms. The number of hydrogen-bond acceptors (Lipinski definition) is 3. The fourth-order valence-electron chi connectivity index (χ4n) is 4.05. The second-order valence-corrected chi connectivity index (χ2v) is 8.94. The zero-order chi connectivity index (χ0) is 23.4. The number of carbonyl (C=O) groups is 1. The quantitative estimate of drug-likeness (QED) is 0.367. The van der Waals surface area contributed by atoms with Crippen LogP contribution in [0.1, 0.15) is 65.0 Å². The molecule has 172 valence electrons. The molecule has 1 aromatic heterocycles. The maximum absolute atomic E-state index is 13.5. The van der Waals surface area contributed by atoms with Gasteiger partial charge in [0.05, 0.1) is 11.0 Å². The first-order valence-corrected chi connectivity index (χ1v) is 11.8. The Morgan fingerprint density at radius 2 is 1.75 bits per heavy atom. The van der Waals surface area contributed by atoms with Gasteiger partial charge in [-0.3, -0.25) is 4.79 Å². The Bertz CT molecular complexity index is 1070. The lowest BCUT2D eigenvalue weighted by Crippen LogP contribution is -2.46. The van der Waals surface area contributed by atoms with Crippen molar-refractivity contribution in [3.8, 4) is 5.75 Å². The van der Waals surface area contributed by atoms with Crippen LogP contribution in [0, 0.1) is 6.92 Å². The Hall–Kier alpha value is -2.53. The molecule has 0 fully saturated rings. The van der Waals surface area contributed by atoms with Crippen LogP contribution < -0.4 is 4.74 Å². The van der Waals surface area contributed by atoms with Gasteiger partial charge in [0.1, 0.15) is 12.3 Å². The zero-order valence-corrected chi connectivity index (χ0v) is 20.7. The van der Waals surface area contributed by atoms with Crippen LogP contribution in [0.5, 0.6) is 5.75 Å². The van der Waals surface area contributed by atoms with E-state index < -0.39 is 0 Å². The summed E-state index contributed by atoms with van der Waals surface area (Å²) in [6, 6.07) is 13.9. The van der Waals surface area contributed by atoms with Crippen LogP contribution in [0.3, 0.4) is 0 Å². The molecule has 3 aromatic rings. The normalized spacial score (nSPS) is 14.2. The van der Waals surface area contributed by atoms with Gasteiger partial charge in [-0.25, -0.2) is 4.98 Å².